The molecule has 0 aliphatic rings. The summed E-state index contributed by atoms with van der Waals surface area (Å²) < 4.78 is 0. The van der Waals surface area contributed by atoms with Crippen LogP contribution in [-0.2, 0) is 6.42 Å². The van der Waals surface area contributed by atoms with Crippen LogP contribution in [-0.4, -0.2) is 6.03 Å². The summed E-state index contributed by atoms with van der Waals surface area (Å²) in [6.07, 6.45) is 0.996. The smallest absolute Gasteiger partial charge is 0.308 e. The van der Waals surface area contributed by atoms with E-state index in [0.717, 1.165) is 28.9 Å². The van der Waals surface area contributed by atoms with Crippen molar-refractivity contribution in [3.63, 3.8) is 0 Å². The molecule has 0 aliphatic heterocycles. The molecule has 2 amide bonds. The number of aryl methyl sites for hydroxylation is 4. The van der Waals surface area contributed by atoms with Crippen LogP contribution < -0.4 is 10.6 Å². The van der Waals surface area contributed by atoms with Crippen molar-refractivity contribution < 1.29 is 4.79 Å². The molecule has 2 rings (SSSR count). The molecule has 0 spiro atoms. The van der Waals surface area contributed by atoms with E-state index in [2.05, 4.69) is 30.5 Å². The Morgan fingerprint density at radius 2 is 1.44 bits per heavy atom. The molecule has 0 aliphatic carbocycles. The standard InChI is InChI=1S/C18H22N2O.2C2H6/c1-5-15-7-9-17(14(4)10-15)20-18(21)19-16-8-6-12(2)13(3)11-16;2*1-2/h6-11H,5H2,1-4H3,(H2,19,20,21);2*1-2H3. The van der Waals surface area contributed by atoms with E-state index in [9.17, 15) is 4.79 Å². The van der Waals surface area contributed by atoms with E-state index in [0.29, 0.717) is 0 Å². The highest BCUT2D eigenvalue weighted by molar-refractivity contribution is 6.00. The number of anilines is 2. The molecule has 138 valence electrons. The van der Waals surface area contributed by atoms with Crippen LogP contribution in [0.3, 0.4) is 0 Å². The first kappa shape index (κ1) is 22.7. The van der Waals surface area contributed by atoms with Gasteiger partial charge in [-0.05, 0) is 67.6 Å². The molecule has 25 heavy (non-hydrogen) atoms. The summed E-state index contributed by atoms with van der Waals surface area (Å²) in [5.74, 6) is 0. The number of hydrogen-bond acceptors (Lipinski definition) is 1. The van der Waals surface area contributed by atoms with Crippen LogP contribution in [0.5, 0.6) is 0 Å². The van der Waals surface area contributed by atoms with Crippen LogP contribution in [0, 0.1) is 20.8 Å². The lowest BCUT2D eigenvalue weighted by atomic mass is 10.1. The SMILES string of the molecule is CC.CC.CCc1ccc(NC(=O)Nc2ccc(C)c(C)c2)c(C)c1. The molecule has 0 heterocycles. The van der Waals surface area contributed by atoms with Gasteiger partial charge in [0.1, 0.15) is 0 Å². The zero-order valence-corrected chi connectivity index (χ0v) is 17.1. The van der Waals surface area contributed by atoms with Crippen molar-refractivity contribution in [2.24, 2.45) is 0 Å². The number of carbonyl (C=O) groups is 1. The lowest BCUT2D eigenvalue weighted by Gasteiger charge is -2.12. The van der Waals surface area contributed by atoms with E-state index in [1.165, 1.54) is 11.1 Å². The van der Waals surface area contributed by atoms with Crippen LogP contribution in [0.1, 0.15) is 56.9 Å². The molecule has 2 N–H and O–H groups in total. The Labute approximate surface area is 153 Å². The van der Waals surface area contributed by atoms with E-state index in [1.54, 1.807) is 0 Å². The fourth-order valence-electron chi connectivity index (χ4n) is 2.19. The Bertz CT molecular complexity index is 663. The maximum absolute atomic E-state index is 12.1. The quantitative estimate of drug-likeness (QED) is 0.627. The molecule has 0 aromatic heterocycles. The first-order valence-corrected chi connectivity index (χ1v) is 9.24. The van der Waals surface area contributed by atoms with Gasteiger partial charge < -0.3 is 10.6 Å². The highest BCUT2D eigenvalue weighted by Crippen LogP contribution is 2.18. The number of benzene rings is 2. The number of hydrogen-bond donors (Lipinski definition) is 2. The van der Waals surface area contributed by atoms with Gasteiger partial charge in [-0.1, -0.05) is 52.8 Å². The van der Waals surface area contributed by atoms with Gasteiger partial charge in [-0.15, -0.1) is 0 Å². The van der Waals surface area contributed by atoms with Crippen LogP contribution in [0.4, 0.5) is 16.2 Å². The highest BCUT2D eigenvalue weighted by Gasteiger charge is 2.06. The van der Waals surface area contributed by atoms with Crippen molar-refractivity contribution in [3.05, 3.63) is 58.7 Å². The third-order valence-corrected chi connectivity index (χ3v) is 3.71. The average molecular weight is 343 g/mol. The second kappa shape index (κ2) is 12.1. The molecule has 0 bridgehead atoms. The van der Waals surface area contributed by atoms with Crippen molar-refractivity contribution in [1.29, 1.82) is 0 Å². The van der Waals surface area contributed by atoms with Crippen LogP contribution in [0.15, 0.2) is 36.4 Å². The van der Waals surface area contributed by atoms with Crippen LogP contribution in [0.2, 0.25) is 0 Å². The highest BCUT2D eigenvalue weighted by atomic mass is 16.2. The summed E-state index contributed by atoms with van der Waals surface area (Å²) in [6.45, 7) is 16.2. The molecule has 0 saturated heterocycles. The fourth-order valence-corrected chi connectivity index (χ4v) is 2.19. The number of nitrogens with one attached hydrogen (secondary N) is 2. The van der Waals surface area contributed by atoms with Gasteiger partial charge in [0, 0.05) is 11.4 Å². The van der Waals surface area contributed by atoms with Crippen molar-refractivity contribution in [2.45, 2.75) is 61.8 Å². The third kappa shape index (κ3) is 7.42. The molecule has 0 radical (unpaired) electrons. The predicted octanol–water partition coefficient (Wildman–Crippen LogP) is 6.87. The molecule has 3 heteroatoms. The van der Waals surface area contributed by atoms with E-state index in [4.69, 9.17) is 0 Å². The Hall–Kier alpha value is -2.29. The first-order valence-electron chi connectivity index (χ1n) is 9.24. The molecule has 3 nitrogen and oxygen atoms in total. The Kier molecular flexibility index (Phi) is 11.0. The van der Waals surface area contributed by atoms with Gasteiger partial charge in [-0.2, -0.15) is 0 Å². The minimum absolute atomic E-state index is 0.217. The number of rotatable bonds is 3. The predicted molar refractivity (Wildman–Crippen MR) is 112 cm³/mol. The summed E-state index contributed by atoms with van der Waals surface area (Å²) in [6, 6.07) is 11.8. The molecule has 2 aromatic carbocycles. The minimum Gasteiger partial charge on any atom is -0.308 e. The van der Waals surface area contributed by atoms with Gasteiger partial charge in [-0.25, -0.2) is 4.79 Å². The molecular formula is C22H34N2O. The third-order valence-electron chi connectivity index (χ3n) is 3.71. The van der Waals surface area contributed by atoms with Crippen LogP contribution >= 0.6 is 0 Å². The lowest BCUT2D eigenvalue weighted by Crippen LogP contribution is -2.20. The van der Waals surface area contributed by atoms with Gasteiger partial charge >= 0.3 is 6.03 Å². The number of amides is 2. The van der Waals surface area contributed by atoms with E-state index < -0.39 is 0 Å². The maximum atomic E-state index is 12.1. The number of urea groups is 1. The number of carbonyl (C=O) groups excluding carboxylic acids is 1. The summed E-state index contributed by atoms with van der Waals surface area (Å²) in [5.41, 5.74) is 6.37. The van der Waals surface area contributed by atoms with E-state index in [1.807, 2.05) is 71.9 Å². The Morgan fingerprint density at radius 1 is 0.800 bits per heavy atom. The topological polar surface area (TPSA) is 41.1 Å². The van der Waals surface area contributed by atoms with E-state index in [-0.39, 0.29) is 6.03 Å². The van der Waals surface area contributed by atoms with Crippen molar-refractivity contribution in [2.75, 3.05) is 10.6 Å². The van der Waals surface area contributed by atoms with Crippen molar-refractivity contribution in [3.8, 4) is 0 Å². The monoisotopic (exact) mass is 342 g/mol. The largest absolute Gasteiger partial charge is 0.323 e. The summed E-state index contributed by atoms with van der Waals surface area (Å²) in [4.78, 5) is 12.1. The second-order valence-corrected chi connectivity index (χ2v) is 5.38. The Morgan fingerprint density at radius 3 is 1.96 bits per heavy atom. The molecule has 0 atom stereocenters. The second-order valence-electron chi connectivity index (χ2n) is 5.38. The van der Waals surface area contributed by atoms with Crippen LogP contribution in [0.25, 0.3) is 0 Å². The van der Waals surface area contributed by atoms with Gasteiger partial charge in [0.25, 0.3) is 0 Å². The summed E-state index contributed by atoms with van der Waals surface area (Å²) in [7, 11) is 0. The molecule has 0 fully saturated rings. The van der Waals surface area contributed by atoms with Gasteiger partial charge in [0.2, 0.25) is 0 Å². The van der Waals surface area contributed by atoms with E-state index >= 15 is 0 Å². The molecule has 0 saturated carbocycles. The van der Waals surface area contributed by atoms with Gasteiger partial charge in [0.05, 0.1) is 0 Å². The zero-order valence-electron chi connectivity index (χ0n) is 17.1. The van der Waals surface area contributed by atoms with Crippen molar-refractivity contribution >= 4 is 17.4 Å². The molecule has 2 aromatic rings. The summed E-state index contributed by atoms with van der Waals surface area (Å²) >= 11 is 0. The average Bonchev–Trinajstić information content (AvgIpc) is 2.63. The first-order chi connectivity index (χ1) is 12.0. The lowest BCUT2D eigenvalue weighted by molar-refractivity contribution is 0.262. The van der Waals surface area contributed by atoms with Gasteiger partial charge in [0.15, 0.2) is 0 Å². The van der Waals surface area contributed by atoms with Crippen molar-refractivity contribution in [1.82, 2.24) is 0 Å². The maximum Gasteiger partial charge on any atom is 0.323 e. The molecular weight excluding hydrogens is 308 g/mol. The summed E-state index contributed by atoms with van der Waals surface area (Å²) in [5, 5.41) is 5.76. The normalized spacial score (nSPS) is 9.12. The zero-order chi connectivity index (χ0) is 19.4. The van der Waals surface area contributed by atoms with Gasteiger partial charge in [-0.3, -0.25) is 0 Å². The fraction of sp³-hybridized carbons (Fsp3) is 0.409. The minimum atomic E-state index is -0.217. The molecule has 0 unspecified atom stereocenters. The Balaban J connectivity index is 0.00000134.